The molecule has 160 valence electrons. The minimum absolute atomic E-state index is 0.0811. The number of rotatable bonds is 6. The van der Waals surface area contributed by atoms with Crippen molar-refractivity contribution in [1.82, 2.24) is 9.99 Å². The summed E-state index contributed by atoms with van der Waals surface area (Å²) in [5, 5.41) is 7.84. The number of aryl methyl sites for hydroxylation is 2. The average Bonchev–Trinajstić information content (AvgIpc) is 3.32. The predicted molar refractivity (Wildman–Crippen MR) is 122 cm³/mol. The lowest BCUT2D eigenvalue weighted by Gasteiger charge is -2.13. The van der Waals surface area contributed by atoms with E-state index in [-0.39, 0.29) is 19.2 Å². The zero-order chi connectivity index (χ0) is 22.0. The minimum Gasteiger partial charge on any atom is -0.454 e. The fourth-order valence-corrected chi connectivity index (χ4v) is 3.68. The van der Waals surface area contributed by atoms with Gasteiger partial charge in [0, 0.05) is 39.4 Å². The van der Waals surface area contributed by atoms with Crippen molar-refractivity contribution < 1.29 is 14.3 Å². The van der Waals surface area contributed by atoms with E-state index in [1.807, 2.05) is 51.1 Å². The highest BCUT2D eigenvalue weighted by Crippen LogP contribution is 2.34. The maximum Gasteiger partial charge on any atom is 0.259 e. The van der Waals surface area contributed by atoms with Gasteiger partial charge < -0.3 is 19.4 Å². The van der Waals surface area contributed by atoms with E-state index < -0.39 is 0 Å². The Kier molecular flexibility index (Phi) is 5.86. The second-order valence-corrected chi connectivity index (χ2v) is 7.74. The first-order valence-corrected chi connectivity index (χ1v) is 10.2. The molecule has 4 rings (SSSR count). The second kappa shape index (κ2) is 8.73. The van der Waals surface area contributed by atoms with Crippen LogP contribution in [0.5, 0.6) is 11.5 Å². The van der Waals surface area contributed by atoms with Gasteiger partial charge in [-0.3, -0.25) is 4.79 Å². The van der Waals surface area contributed by atoms with Gasteiger partial charge >= 0.3 is 0 Å². The summed E-state index contributed by atoms with van der Waals surface area (Å²) >= 11 is 6.19. The molecular weight excluding hydrogens is 416 g/mol. The van der Waals surface area contributed by atoms with Crippen molar-refractivity contribution in [3.63, 3.8) is 0 Å². The third kappa shape index (κ3) is 4.51. The number of benzene rings is 2. The van der Waals surface area contributed by atoms with Crippen LogP contribution < -0.4 is 20.2 Å². The van der Waals surface area contributed by atoms with Crippen molar-refractivity contribution in [1.29, 1.82) is 0 Å². The quantitative estimate of drug-likeness (QED) is 0.443. The van der Waals surface area contributed by atoms with Crippen LogP contribution in [0.4, 0.5) is 5.69 Å². The lowest BCUT2D eigenvalue weighted by Crippen LogP contribution is -2.25. The van der Waals surface area contributed by atoms with E-state index in [0.29, 0.717) is 16.5 Å². The maximum atomic E-state index is 12.1. The van der Waals surface area contributed by atoms with Crippen LogP contribution >= 0.6 is 11.6 Å². The fourth-order valence-electron chi connectivity index (χ4n) is 3.51. The van der Waals surface area contributed by atoms with E-state index in [1.54, 1.807) is 18.3 Å². The number of hydrogen-bond donors (Lipinski definition) is 2. The normalized spacial score (nSPS) is 12.4. The van der Waals surface area contributed by atoms with Crippen molar-refractivity contribution in [2.24, 2.45) is 5.10 Å². The predicted octanol–water partition coefficient (Wildman–Crippen LogP) is 4.35. The topological polar surface area (TPSA) is 76.9 Å². The third-order valence-electron chi connectivity index (χ3n) is 5.10. The standard InChI is InChI=1S/C23H23ClN4O3/c1-14-4-5-18(24)9-20(14)28-15(2)8-17(16(28)3)11-26-27-23(29)12-25-19-6-7-21-22(10-19)31-13-30-21/h4-11,25H,12-13H2,1-3H3,(H,27,29)/b26-11-. The van der Waals surface area contributed by atoms with Gasteiger partial charge in [0.1, 0.15) is 0 Å². The van der Waals surface area contributed by atoms with E-state index in [0.717, 1.165) is 33.9 Å². The first-order chi connectivity index (χ1) is 14.9. The molecule has 0 saturated heterocycles. The van der Waals surface area contributed by atoms with Crippen LogP contribution in [-0.2, 0) is 4.79 Å². The Bertz CT molecular complexity index is 1170. The van der Waals surface area contributed by atoms with Crippen molar-refractivity contribution in [3.05, 3.63) is 70.0 Å². The van der Waals surface area contributed by atoms with Gasteiger partial charge in [-0.05, 0) is 56.7 Å². The maximum absolute atomic E-state index is 12.1. The lowest BCUT2D eigenvalue weighted by molar-refractivity contribution is -0.119. The van der Waals surface area contributed by atoms with Crippen molar-refractivity contribution in [3.8, 4) is 17.2 Å². The van der Waals surface area contributed by atoms with Crippen LogP contribution in [0.2, 0.25) is 5.02 Å². The average molecular weight is 439 g/mol. The molecule has 0 radical (unpaired) electrons. The Balaban J connectivity index is 1.39. The Labute approximate surface area is 185 Å². The molecule has 1 aliphatic rings. The SMILES string of the molecule is Cc1ccc(Cl)cc1-n1c(C)cc(/C=N\NC(=O)CNc2ccc3c(c2)OCO3)c1C. The molecule has 0 unspecified atom stereocenters. The molecule has 7 nitrogen and oxygen atoms in total. The van der Waals surface area contributed by atoms with Crippen molar-refractivity contribution in [2.45, 2.75) is 20.8 Å². The first-order valence-electron chi connectivity index (χ1n) is 9.83. The summed E-state index contributed by atoms with van der Waals surface area (Å²) in [7, 11) is 0. The van der Waals surface area contributed by atoms with Crippen LogP contribution in [-0.4, -0.2) is 30.0 Å². The van der Waals surface area contributed by atoms with Crippen LogP contribution in [0.3, 0.4) is 0 Å². The van der Waals surface area contributed by atoms with Crippen LogP contribution in [0.15, 0.2) is 47.6 Å². The molecule has 0 aliphatic carbocycles. The third-order valence-corrected chi connectivity index (χ3v) is 5.34. The summed E-state index contributed by atoms with van der Waals surface area (Å²) < 4.78 is 12.7. The van der Waals surface area contributed by atoms with Crippen LogP contribution in [0.1, 0.15) is 22.5 Å². The Morgan fingerprint density at radius 3 is 2.77 bits per heavy atom. The smallest absolute Gasteiger partial charge is 0.259 e. The van der Waals surface area contributed by atoms with Gasteiger partial charge in [0.2, 0.25) is 6.79 Å². The van der Waals surface area contributed by atoms with Crippen molar-refractivity contribution >= 4 is 29.4 Å². The number of nitrogens with one attached hydrogen (secondary N) is 2. The van der Waals surface area contributed by atoms with Gasteiger partial charge in [0.05, 0.1) is 12.8 Å². The molecule has 0 fully saturated rings. The first kappa shape index (κ1) is 20.8. The number of anilines is 1. The number of ether oxygens (including phenoxy) is 2. The summed E-state index contributed by atoms with van der Waals surface area (Å²) in [6.07, 6.45) is 1.65. The fraction of sp³-hybridized carbons (Fsp3) is 0.217. The van der Waals surface area contributed by atoms with E-state index in [9.17, 15) is 4.79 Å². The minimum atomic E-state index is -0.256. The number of halogens is 1. The number of fused-ring (bicyclic) bond motifs is 1. The molecule has 2 N–H and O–H groups in total. The number of aromatic nitrogens is 1. The molecule has 3 aromatic rings. The highest BCUT2D eigenvalue weighted by Gasteiger charge is 2.14. The largest absolute Gasteiger partial charge is 0.454 e. The molecule has 31 heavy (non-hydrogen) atoms. The van der Waals surface area contributed by atoms with Crippen LogP contribution in [0.25, 0.3) is 5.69 Å². The number of hydrogen-bond acceptors (Lipinski definition) is 5. The number of hydrazone groups is 1. The molecule has 8 heteroatoms. The number of nitrogens with zero attached hydrogens (tertiary/aromatic N) is 2. The summed E-state index contributed by atoms with van der Waals surface area (Å²) in [4.78, 5) is 12.1. The van der Waals surface area contributed by atoms with Gasteiger partial charge in [-0.2, -0.15) is 5.10 Å². The Morgan fingerprint density at radius 1 is 1.13 bits per heavy atom. The van der Waals surface area contributed by atoms with Gasteiger partial charge in [-0.1, -0.05) is 17.7 Å². The molecule has 2 aromatic carbocycles. The Hall–Kier alpha value is -3.45. The summed E-state index contributed by atoms with van der Waals surface area (Å²) in [6.45, 7) is 6.38. The van der Waals surface area contributed by atoms with E-state index in [4.69, 9.17) is 21.1 Å². The highest BCUT2D eigenvalue weighted by molar-refractivity contribution is 6.30. The van der Waals surface area contributed by atoms with Gasteiger partial charge in [-0.15, -0.1) is 0 Å². The van der Waals surface area contributed by atoms with Gasteiger partial charge in [0.25, 0.3) is 5.91 Å². The number of carbonyl (C=O) groups is 1. The summed E-state index contributed by atoms with van der Waals surface area (Å²) in [5.74, 6) is 1.10. The van der Waals surface area contributed by atoms with E-state index >= 15 is 0 Å². The summed E-state index contributed by atoms with van der Waals surface area (Å²) in [5.41, 5.74) is 8.46. The van der Waals surface area contributed by atoms with Gasteiger partial charge in [0.15, 0.2) is 11.5 Å². The molecule has 1 aromatic heterocycles. The monoisotopic (exact) mass is 438 g/mol. The second-order valence-electron chi connectivity index (χ2n) is 7.31. The lowest BCUT2D eigenvalue weighted by atomic mass is 10.2. The number of carbonyl (C=O) groups excluding carboxylic acids is 1. The molecule has 0 spiro atoms. The summed E-state index contributed by atoms with van der Waals surface area (Å²) in [6, 6.07) is 13.3. The van der Waals surface area contributed by atoms with Gasteiger partial charge in [-0.25, -0.2) is 5.43 Å². The molecule has 0 bridgehead atoms. The van der Waals surface area contributed by atoms with Crippen LogP contribution in [0, 0.1) is 20.8 Å². The van der Waals surface area contributed by atoms with E-state index in [2.05, 4.69) is 20.4 Å². The zero-order valence-corrected chi connectivity index (χ0v) is 18.3. The highest BCUT2D eigenvalue weighted by atomic mass is 35.5. The Morgan fingerprint density at radius 2 is 1.94 bits per heavy atom. The number of amides is 1. The molecule has 0 atom stereocenters. The molecule has 0 saturated carbocycles. The van der Waals surface area contributed by atoms with Crippen molar-refractivity contribution in [2.75, 3.05) is 18.7 Å². The van der Waals surface area contributed by atoms with E-state index in [1.165, 1.54) is 0 Å². The molecular formula is C23H23ClN4O3. The molecule has 1 amide bonds. The zero-order valence-electron chi connectivity index (χ0n) is 17.5. The molecule has 1 aliphatic heterocycles. The molecule has 2 heterocycles.